The number of hydrogen-bond acceptors (Lipinski definition) is 2. The predicted octanol–water partition coefficient (Wildman–Crippen LogP) is 5.10. The van der Waals surface area contributed by atoms with Crippen molar-refractivity contribution in [3.63, 3.8) is 0 Å². The molecule has 156 valence electrons. The van der Waals surface area contributed by atoms with E-state index in [1.807, 2.05) is 11.8 Å². The van der Waals surface area contributed by atoms with Gasteiger partial charge in [-0.1, -0.05) is 12.1 Å². The lowest BCUT2D eigenvalue weighted by molar-refractivity contribution is -0.137. The van der Waals surface area contributed by atoms with Crippen LogP contribution < -0.4 is 5.32 Å². The molecule has 1 amide bonds. The summed E-state index contributed by atoms with van der Waals surface area (Å²) < 4.78 is 39.2. The molecule has 0 aromatic heterocycles. The minimum absolute atomic E-state index is 0. The second-order valence-electron chi connectivity index (χ2n) is 8.51. The fourth-order valence-electron chi connectivity index (χ4n) is 4.92. The zero-order chi connectivity index (χ0) is 19.2. The number of alkyl halides is 3. The topological polar surface area (TPSA) is 32.3 Å². The average Bonchev–Trinajstić information content (AvgIpc) is 3.38. The number of halogens is 4. The van der Waals surface area contributed by atoms with E-state index in [9.17, 15) is 18.0 Å². The van der Waals surface area contributed by atoms with Crippen molar-refractivity contribution in [1.82, 2.24) is 10.2 Å². The highest BCUT2D eigenvalue weighted by Gasteiger charge is 2.40. The molecule has 3 atom stereocenters. The maximum absolute atomic E-state index is 13.1. The van der Waals surface area contributed by atoms with E-state index in [2.05, 4.69) is 5.32 Å². The maximum atomic E-state index is 13.1. The maximum Gasteiger partial charge on any atom is 0.416 e. The molecule has 3 nitrogen and oxygen atoms in total. The average molecular weight is 417 g/mol. The Morgan fingerprint density at radius 2 is 1.82 bits per heavy atom. The molecule has 3 unspecified atom stereocenters. The minimum atomic E-state index is -4.36. The normalized spacial score (nSPS) is 27.8. The molecule has 0 spiro atoms. The van der Waals surface area contributed by atoms with Crippen LogP contribution in [0.5, 0.6) is 0 Å². The first-order chi connectivity index (χ1) is 12.8. The Balaban J connectivity index is 0.00000225. The van der Waals surface area contributed by atoms with Crippen molar-refractivity contribution in [1.29, 1.82) is 0 Å². The number of hydrogen-bond donors (Lipinski definition) is 1. The number of amides is 1. The molecule has 1 N–H and O–H groups in total. The Morgan fingerprint density at radius 1 is 1.18 bits per heavy atom. The predicted molar refractivity (Wildman–Crippen MR) is 104 cm³/mol. The second kappa shape index (κ2) is 8.23. The lowest BCUT2D eigenvalue weighted by atomic mass is 9.89. The van der Waals surface area contributed by atoms with Crippen LogP contribution in [0.25, 0.3) is 0 Å². The Morgan fingerprint density at radius 3 is 2.39 bits per heavy atom. The van der Waals surface area contributed by atoms with Gasteiger partial charge >= 0.3 is 6.18 Å². The van der Waals surface area contributed by atoms with Gasteiger partial charge in [0.05, 0.1) is 11.6 Å². The van der Waals surface area contributed by atoms with Gasteiger partial charge in [0, 0.05) is 24.5 Å². The van der Waals surface area contributed by atoms with Gasteiger partial charge in [0.1, 0.15) is 0 Å². The largest absolute Gasteiger partial charge is 0.416 e. The van der Waals surface area contributed by atoms with Crippen LogP contribution in [0.2, 0.25) is 0 Å². The van der Waals surface area contributed by atoms with Crippen molar-refractivity contribution < 1.29 is 18.0 Å². The van der Waals surface area contributed by atoms with Gasteiger partial charge in [0.15, 0.2) is 0 Å². The number of fused-ring (bicyclic) bond motifs is 2. The summed E-state index contributed by atoms with van der Waals surface area (Å²) in [5, 5.41) is 3.60. The quantitative estimate of drug-likeness (QED) is 0.724. The molecule has 2 heterocycles. The summed E-state index contributed by atoms with van der Waals surface area (Å²) in [4.78, 5) is 15.0. The van der Waals surface area contributed by atoms with Gasteiger partial charge < -0.3 is 10.2 Å². The third-order valence-corrected chi connectivity index (χ3v) is 6.38. The molecule has 28 heavy (non-hydrogen) atoms. The van der Waals surface area contributed by atoms with E-state index in [1.54, 1.807) is 6.07 Å². The van der Waals surface area contributed by atoms with Crippen LogP contribution in [0.3, 0.4) is 0 Å². The van der Waals surface area contributed by atoms with E-state index in [0.29, 0.717) is 30.0 Å². The third-order valence-electron chi connectivity index (χ3n) is 6.38. The molecule has 0 radical (unpaired) electrons. The number of carbonyl (C=O) groups is 1. The van der Waals surface area contributed by atoms with Crippen LogP contribution in [-0.4, -0.2) is 28.9 Å². The first-order valence-corrected chi connectivity index (χ1v) is 10.1. The van der Waals surface area contributed by atoms with E-state index in [4.69, 9.17) is 0 Å². The lowest BCUT2D eigenvalue weighted by Crippen LogP contribution is -2.41. The van der Waals surface area contributed by atoms with Crippen LogP contribution in [0.4, 0.5) is 13.2 Å². The molecule has 2 aliphatic heterocycles. The molecule has 2 bridgehead atoms. The van der Waals surface area contributed by atoms with Crippen molar-refractivity contribution in [3.8, 4) is 0 Å². The monoisotopic (exact) mass is 416 g/mol. The van der Waals surface area contributed by atoms with E-state index in [1.165, 1.54) is 25.0 Å². The van der Waals surface area contributed by atoms with Gasteiger partial charge in [-0.3, -0.25) is 4.79 Å². The van der Waals surface area contributed by atoms with Gasteiger partial charge in [-0.05, 0) is 69.1 Å². The summed E-state index contributed by atoms with van der Waals surface area (Å²) in [5.41, 5.74) is -0.0829. The second-order valence-corrected chi connectivity index (χ2v) is 8.51. The lowest BCUT2D eigenvalue weighted by Gasteiger charge is -2.34. The Bertz CT molecular complexity index is 695. The van der Waals surface area contributed by atoms with Crippen LogP contribution >= 0.6 is 12.4 Å². The highest BCUT2D eigenvalue weighted by molar-refractivity contribution is 5.85. The number of rotatable bonds is 5. The number of nitrogens with one attached hydrogen (secondary N) is 1. The van der Waals surface area contributed by atoms with E-state index < -0.39 is 11.7 Å². The molecule has 3 aliphatic rings. The summed E-state index contributed by atoms with van der Waals surface area (Å²) in [6.45, 7) is 1.86. The van der Waals surface area contributed by atoms with Crippen LogP contribution in [0.15, 0.2) is 24.3 Å². The van der Waals surface area contributed by atoms with E-state index >= 15 is 0 Å². The summed E-state index contributed by atoms with van der Waals surface area (Å²) in [5.74, 6) is 0.500. The van der Waals surface area contributed by atoms with Crippen LogP contribution in [-0.2, 0) is 11.0 Å². The molecule has 1 aromatic carbocycles. The fraction of sp³-hybridized carbons (Fsp3) is 0.667. The zero-order valence-corrected chi connectivity index (χ0v) is 16.9. The van der Waals surface area contributed by atoms with Gasteiger partial charge in [0.2, 0.25) is 5.91 Å². The minimum Gasteiger partial charge on any atom is -0.333 e. The highest BCUT2D eigenvalue weighted by atomic mass is 35.5. The van der Waals surface area contributed by atoms with E-state index in [0.717, 1.165) is 31.7 Å². The van der Waals surface area contributed by atoms with Crippen molar-refractivity contribution in [3.05, 3.63) is 35.4 Å². The van der Waals surface area contributed by atoms with Crippen molar-refractivity contribution >= 4 is 18.3 Å². The van der Waals surface area contributed by atoms with Crippen LogP contribution in [0, 0.1) is 5.92 Å². The van der Waals surface area contributed by atoms with Crippen molar-refractivity contribution in [2.75, 3.05) is 0 Å². The van der Waals surface area contributed by atoms with Gasteiger partial charge in [-0.2, -0.15) is 13.2 Å². The SMILES string of the molecule is CC(c1cccc(C(F)(F)F)c1)N(C(=O)CC1CC2CCC(C1)N2)C1CC1.Cl. The number of benzene rings is 1. The smallest absolute Gasteiger partial charge is 0.333 e. The molecule has 2 saturated heterocycles. The summed E-state index contributed by atoms with van der Waals surface area (Å²) >= 11 is 0. The molecule has 1 saturated carbocycles. The molecule has 4 rings (SSSR count). The molecule has 1 aromatic rings. The first-order valence-electron chi connectivity index (χ1n) is 10.1. The third kappa shape index (κ3) is 4.65. The standard InChI is InChI=1S/C21H27F3N2O.ClH/c1-13(15-3-2-4-16(12-15)21(22,23)24)26(19-7-8-19)20(27)11-14-9-17-5-6-18(10-14)25-17;/h2-4,12-14,17-19,25H,5-11H2,1H3;1H. The fourth-order valence-corrected chi connectivity index (χ4v) is 4.92. The summed E-state index contributed by atoms with van der Waals surface area (Å²) in [6, 6.07) is 6.35. The Hall–Kier alpha value is -1.27. The molecule has 3 fully saturated rings. The van der Waals surface area contributed by atoms with Crippen molar-refractivity contribution in [2.24, 2.45) is 5.92 Å². The number of carbonyl (C=O) groups excluding carboxylic acids is 1. The van der Waals surface area contributed by atoms with Gasteiger partial charge in [-0.15, -0.1) is 12.4 Å². The van der Waals surface area contributed by atoms with E-state index in [-0.39, 0.29) is 30.4 Å². The van der Waals surface area contributed by atoms with Crippen molar-refractivity contribution in [2.45, 2.75) is 82.2 Å². The highest BCUT2D eigenvalue weighted by Crippen LogP contribution is 2.39. The number of piperidine rings is 1. The molecular weight excluding hydrogens is 389 g/mol. The Kier molecular flexibility index (Phi) is 6.30. The Labute approximate surface area is 170 Å². The van der Waals surface area contributed by atoms with Crippen LogP contribution in [0.1, 0.15) is 69.0 Å². The molecule has 7 heteroatoms. The number of nitrogens with zero attached hydrogens (tertiary/aromatic N) is 1. The summed E-state index contributed by atoms with van der Waals surface area (Å²) in [7, 11) is 0. The van der Waals surface area contributed by atoms with Gasteiger partial charge in [0.25, 0.3) is 0 Å². The van der Waals surface area contributed by atoms with Gasteiger partial charge in [-0.25, -0.2) is 0 Å². The first kappa shape index (κ1) is 21.4. The zero-order valence-electron chi connectivity index (χ0n) is 16.0. The molecule has 1 aliphatic carbocycles. The summed E-state index contributed by atoms with van der Waals surface area (Å²) in [6.07, 6.45) is 2.54. The molecular formula is C21H28ClF3N2O.